The first-order valence-corrected chi connectivity index (χ1v) is 6.08. The quantitative estimate of drug-likeness (QED) is 0.507. The Kier molecular flexibility index (Phi) is 8.81. The molecule has 0 spiro atoms. The van der Waals surface area contributed by atoms with Crippen LogP contribution in [0.5, 0.6) is 0 Å². The highest BCUT2D eigenvalue weighted by atomic mass is 16.4. The van der Waals surface area contributed by atoms with Crippen LogP contribution >= 0.6 is 0 Å². The highest BCUT2D eigenvalue weighted by molar-refractivity contribution is 6.24. The molecule has 0 heterocycles. The smallest absolute Gasteiger partial charge is 0.363 e. The van der Waals surface area contributed by atoms with Crippen LogP contribution in [0.2, 0.25) is 0 Å². The highest BCUT2D eigenvalue weighted by Crippen LogP contribution is 2.14. The van der Waals surface area contributed by atoms with Gasteiger partial charge in [0.1, 0.15) is 0 Å². The summed E-state index contributed by atoms with van der Waals surface area (Å²) in [4.78, 5) is 13.7. The summed E-state index contributed by atoms with van der Waals surface area (Å²) in [7, 11) is 5.69. The van der Waals surface area contributed by atoms with Gasteiger partial charge in [-0.2, -0.15) is 0 Å². The summed E-state index contributed by atoms with van der Waals surface area (Å²) in [6.45, 7) is 4.18. The molecule has 0 aliphatic rings. The van der Waals surface area contributed by atoms with Gasteiger partial charge in [0.2, 0.25) is 5.91 Å². The Bertz CT molecular complexity index is 247. The second kappa shape index (κ2) is 9.25. The minimum absolute atomic E-state index is 0.0527. The van der Waals surface area contributed by atoms with Crippen LogP contribution in [0.1, 0.15) is 26.7 Å². The van der Waals surface area contributed by atoms with Gasteiger partial charge in [-0.3, -0.25) is 4.79 Å². The summed E-state index contributed by atoms with van der Waals surface area (Å²) in [5.74, 6) is 0.532. The summed E-state index contributed by atoms with van der Waals surface area (Å²) in [5, 5.41) is 2.71. The molecule has 1 N–H and O–H groups in total. The maximum atomic E-state index is 11.8. The van der Waals surface area contributed by atoms with Crippen molar-refractivity contribution in [3.8, 4) is 0 Å². The van der Waals surface area contributed by atoms with Crippen molar-refractivity contribution in [2.75, 3.05) is 21.2 Å². The second-order valence-electron chi connectivity index (χ2n) is 4.45. The molecule has 0 radical (unpaired) electrons. The fourth-order valence-corrected chi connectivity index (χ4v) is 1.79. The summed E-state index contributed by atoms with van der Waals surface area (Å²) in [5.41, 5.74) is 0. The van der Waals surface area contributed by atoms with Gasteiger partial charge in [0, 0.05) is 14.2 Å². The Morgan fingerprint density at radius 1 is 1.59 bits per heavy atom. The molecule has 0 bridgehead atoms. The molecule has 5 heteroatoms. The Hall–Kier alpha value is -0.805. The summed E-state index contributed by atoms with van der Waals surface area (Å²) < 4.78 is 5.07. The molecule has 0 fully saturated rings. The number of nitrogens with zero attached hydrogens (tertiary/aromatic N) is 1. The van der Waals surface area contributed by atoms with Gasteiger partial charge in [-0.15, -0.1) is 0 Å². The van der Waals surface area contributed by atoms with Crippen LogP contribution in [-0.2, 0) is 9.45 Å². The number of amides is 1. The zero-order chi connectivity index (χ0) is 13.3. The highest BCUT2D eigenvalue weighted by Gasteiger charge is 2.24. The number of hydrogen-bond acceptors (Lipinski definition) is 3. The minimum atomic E-state index is -0.125. The standard InChI is InChI=1S/C12H25BN2O2/c1-6-7-8-10(2)9-11(12(16)14-3)15(4)13-17-5/h6-7,10-11,13H,8-9H2,1-5H3,(H,14,16)/b7-6+/t10?,11-/m0/s1. The number of allylic oxidation sites excluding steroid dienone is 2. The van der Waals surface area contributed by atoms with E-state index < -0.39 is 0 Å². The predicted octanol–water partition coefficient (Wildman–Crippen LogP) is 0.938. The van der Waals surface area contributed by atoms with E-state index in [1.165, 1.54) is 0 Å². The number of carbonyl (C=O) groups excluding carboxylic acids is 1. The van der Waals surface area contributed by atoms with E-state index in [0.29, 0.717) is 13.5 Å². The van der Waals surface area contributed by atoms with Crippen molar-refractivity contribution in [2.24, 2.45) is 5.92 Å². The zero-order valence-corrected chi connectivity index (χ0v) is 11.7. The molecule has 0 rings (SSSR count). The van der Waals surface area contributed by atoms with Gasteiger partial charge in [-0.25, -0.2) is 0 Å². The van der Waals surface area contributed by atoms with Gasteiger partial charge in [0.25, 0.3) is 0 Å². The lowest BCUT2D eigenvalue weighted by molar-refractivity contribution is -0.124. The molecule has 0 aromatic rings. The lowest BCUT2D eigenvalue weighted by atomic mass is 9.94. The normalized spacial score (nSPS) is 14.9. The van der Waals surface area contributed by atoms with Gasteiger partial charge in [0.15, 0.2) is 0 Å². The van der Waals surface area contributed by atoms with E-state index in [1.54, 1.807) is 14.2 Å². The monoisotopic (exact) mass is 240 g/mol. The van der Waals surface area contributed by atoms with Crippen LogP contribution < -0.4 is 5.32 Å². The first kappa shape index (κ1) is 16.2. The van der Waals surface area contributed by atoms with Gasteiger partial charge >= 0.3 is 7.62 Å². The second-order valence-corrected chi connectivity index (χ2v) is 4.45. The third kappa shape index (κ3) is 6.49. The topological polar surface area (TPSA) is 41.6 Å². The van der Waals surface area contributed by atoms with Gasteiger partial charge in [0.05, 0.1) is 6.04 Å². The zero-order valence-electron chi connectivity index (χ0n) is 11.7. The van der Waals surface area contributed by atoms with Crippen molar-refractivity contribution in [3.05, 3.63) is 12.2 Å². The molecule has 0 aromatic carbocycles. The molecule has 2 atom stereocenters. The molecule has 17 heavy (non-hydrogen) atoms. The van der Waals surface area contributed by atoms with Crippen LogP contribution in [0.4, 0.5) is 0 Å². The fourth-order valence-electron chi connectivity index (χ4n) is 1.79. The SMILES string of the molecule is C/C=C/CC(C)C[C@@H](C(=O)NC)N(C)BOC. The molecule has 0 aromatic heterocycles. The largest absolute Gasteiger partial charge is 0.427 e. The number of likely N-dealkylation sites (N-methyl/N-ethyl adjacent to an activating group) is 2. The average molecular weight is 240 g/mol. The van der Waals surface area contributed by atoms with Crippen molar-refractivity contribution >= 4 is 13.5 Å². The average Bonchev–Trinajstić information content (AvgIpc) is 2.32. The molecule has 4 nitrogen and oxygen atoms in total. The van der Waals surface area contributed by atoms with E-state index in [2.05, 4.69) is 18.3 Å². The van der Waals surface area contributed by atoms with Crippen LogP contribution in [0, 0.1) is 5.92 Å². The van der Waals surface area contributed by atoms with E-state index in [4.69, 9.17) is 4.65 Å². The van der Waals surface area contributed by atoms with Crippen molar-refractivity contribution < 1.29 is 9.45 Å². The third-order valence-corrected chi connectivity index (χ3v) is 2.81. The van der Waals surface area contributed by atoms with Crippen LogP contribution in [0.15, 0.2) is 12.2 Å². The van der Waals surface area contributed by atoms with Gasteiger partial charge in [-0.1, -0.05) is 19.1 Å². The van der Waals surface area contributed by atoms with Crippen molar-refractivity contribution in [2.45, 2.75) is 32.7 Å². The van der Waals surface area contributed by atoms with Crippen LogP contribution in [0.3, 0.4) is 0 Å². The molecule has 1 unspecified atom stereocenters. The van der Waals surface area contributed by atoms with Crippen molar-refractivity contribution in [1.29, 1.82) is 0 Å². The summed E-state index contributed by atoms with van der Waals surface area (Å²) in [6, 6.07) is -0.125. The molecule has 0 aliphatic heterocycles. The lowest BCUT2D eigenvalue weighted by Gasteiger charge is -2.27. The number of nitrogens with one attached hydrogen (secondary N) is 1. The Morgan fingerprint density at radius 2 is 2.24 bits per heavy atom. The summed E-state index contributed by atoms with van der Waals surface area (Å²) >= 11 is 0. The van der Waals surface area contributed by atoms with Crippen molar-refractivity contribution in [3.63, 3.8) is 0 Å². The molecule has 1 amide bonds. The van der Waals surface area contributed by atoms with Crippen molar-refractivity contribution in [1.82, 2.24) is 10.1 Å². The van der Waals surface area contributed by atoms with E-state index >= 15 is 0 Å². The number of hydrogen-bond donors (Lipinski definition) is 1. The molecular formula is C12H25BN2O2. The minimum Gasteiger partial charge on any atom is -0.427 e. The van der Waals surface area contributed by atoms with E-state index in [-0.39, 0.29) is 11.9 Å². The Morgan fingerprint density at radius 3 is 2.71 bits per heavy atom. The summed E-state index contributed by atoms with van der Waals surface area (Å²) in [6.07, 6.45) is 6.03. The predicted molar refractivity (Wildman–Crippen MR) is 73.0 cm³/mol. The molecule has 0 saturated carbocycles. The number of rotatable bonds is 8. The van der Waals surface area contributed by atoms with E-state index in [1.807, 2.05) is 24.9 Å². The Labute approximate surface area is 106 Å². The maximum absolute atomic E-state index is 11.8. The van der Waals surface area contributed by atoms with E-state index in [9.17, 15) is 4.79 Å². The molecular weight excluding hydrogens is 215 g/mol. The van der Waals surface area contributed by atoms with Crippen LogP contribution in [0.25, 0.3) is 0 Å². The number of carbonyl (C=O) groups is 1. The molecule has 0 saturated heterocycles. The third-order valence-electron chi connectivity index (χ3n) is 2.81. The van der Waals surface area contributed by atoms with Gasteiger partial charge < -0.3 is 14.8 Å². The fraction of sp³-hybridized carbons (Fsp3) is 0.750. The first-order chi connectivity index (χ1) is 8.06. The Balaban J connectivity index is 4.42. The van der Waals surface area contributed by atoms with Crippen LogP contribution in [-0.4, -0.2) is 45.6 Å². The molecule has 98 valence electrons. The molecule has 0 aliphatic carbocycles. The maximum Gasteiger partial charge on any atom is 0.363 e. The van der Waals surface area contributed by atoms with Gasteiger partial charge in [-0.05, 0) is 32.7 Å². The lowest BCUT2D eigenvalue weighted by Crippen LogP contribution is -2.46. The van der Waals surface area contributed by atoms with E-state index in [0.717, 1.165) is 12.8 Å². The first-order valence-electron chi connectivity index (χ1n) is 6.08.